The molecule has 0 fully saturated rings. The fourth-order valence-corrected chi connectivity index (χ4v) is 2.67. The lowest BCUT2D eigenvalue weighted by Gasteiger charge is -2.08. The molecule has 0 aliphatic carbocycles. The Bertz CT molecular complexity index is 654. The van der Waals surface area contributed by atoms with Gasteiger partial charge in [0.25, 0.3) is 10.0 Å². The summed E-state index contributed by atoms with van der Waals surface area (Å²) in [4.78, 5) is 4.15. The number of aryl methyl sites for hydroxylation is 1. The summed E-state index contributed by atoms with van der Waals surface area (Å²) in [5, 5.41) is 0.553. The monoisotopic (exact) mass is 282 g/mol. The van der Waals surface area contributed by atoms with Gasteiger partial charge in [-0.2, -0.15) is 0 Å². The van der Waals surface area contributed by atoms with Crippen LogP contribution in [0.3, 0.4) is 0 Å². The van der Waals surface area contributed by atoms with Crippen LogP contribution in [0.4, 0.5) is 5.69 Å². The van der Waals surface area contributed by atoms with Crippen molar-refractivity contribution in [2.24, 2.45) is 0 Å². The van der Waals surface area contributed by atoms with Gasteiger partial charge in [-0.15, -0.1) is 0 Å². The highest BCUT2D eigenvalue weighted by molar-refractivity contribution is 7.92. The highest BCUT2D eigenvalue weighted by atomic mass is 35.5. The van der Waals surface area contributed by atoms with Gasteiger partial charge in [0.1, 0.15) is 0 Å². The Labute approximate surface area is 111 Å². The van der Waals surface area contributed by atoms with Gasteiger partial charge in [0.15, 0.2) is 0 Å². The lowest BCUT2D eigenvalue weighted by Crippen LogP contribution is -2.13. The van der Waals surface area contributed by atoms with E-state index in [1.54, 1.807) is 31.2 Å². The first-order valence-electron chi connectivity index (χ1n) is 5.18. The second-order valence-electron chi connectivity index (χ2n) is 3.75. The molecule has 0 saturated heterocycles. The van der Waals surface area contributed by atoms with Crippen molar-refractivity contribution in [1.29, 1.82) is 0 Å². The van der Waals surface area contributed by atoms with Crippen LogP contribution in [0.5, 0.6) is 0 Å². The van der Waals surface area contributed by atoms with Crippen molar-refractivity contribution in [3.63, 3.8) is 0 Å². The molecule has 4 nitrogen and oxygen atoms in total. The molecule has 0 atom stereocenters. The molecule has 0 spiro atoms. The van der Waals surface area contributed by atoms with Gasteiger partial charge in [-0.1, -0.05) is 11.6 Å². The topological polar surface area (TPSA) is 59.1 Å². The molecule has 0 bridgehead atoms. The van der Waals surface area contributed by atoms with E-state index >= 15 is 0 Å². The van der Waals surface area contributed by atoms with Crippen molar-refractivity contribution in [3.8, 4) is 0 Å². The molecule has 0 aliphatic rings. The molecule has 1 aromatic heterocycles. The largest absolute Gasteiger partial charge is 0.280 e. The van der Waals surface area contributed by atoms with Crippen molar-refractivity contribution >= 4 is 27.3 Å². The third-order valence-corrected chi connectivity index (χ3v) is 3.91. The number of benzene rings is 1. The molecule has 0 unspecified atom stereocenters. The summed E-state index contributed by atoms with van der Waals surface area (Å²) in [6.07, 6.45) is 1.46. The van der Waals surface area contributed by atoms with Crippen LogP contribution in [0.1, 0.15) is 5.69 Å². The second kappa shape index (κ2) is 4.96. The predicted octanol–water partition coefficient (Wildman–Crippen LogP) is 2.84. The van der Waals surface area contributed by atoms with Gasteiger partial charge in [0.2, 0.25) is 0 Å². The first-order valence-corrected chi connectivity index (χ1v) is 7.04. The van der Waals surface area contributed by atoms with E-state index in [9.17, 15) is 8.42 Å². The molecule has 1 N–H and O–H groups in total. The summed E-state index contributed by atoms with van der Waals surface area (Å²) in [5.74, 6) is 0. The van der Waals surface area contributed by atoms with Crippen molar-refractivity contribution in [3.05, 3.63) is 53.3 Å². The van der Waals surface area contributed by atoms with Gasteiger partial charge in [-0.25, -0.2) is 8.42 Å². The summed E-state index contributed by atoms with van der Waals surface area (Å²) < 4.78 is 26.6. The van der Waals surface area contributed by atoms with Crippen LogP contribution in [-0.2, 0) is 10.0 Å². The molecule has 18 heavy (non-hydrogen) atoms. The van der Waals surface area contributed by atoms with E-state index in [0.29, 0.717) is 16.4 Å². The average molecular weight is 283 g/mol. The molecule has 94 valence electrons. The van der Waals surface area contributed by atoms with E-state index in [2.05, 4.69) is 9.71 Å². The number of rotatable bonds is 3. The van der Waals surface area contributed by atoms with Gasteiger partial charge in [0.05, 0.1) is 4.90 Å². The van der Waals surface area contributed by atoms with Gasteiger partial charge < -0.3 is 0 Å². The van der Waals surface area contributed by atoms with Crippen LogP contribution in [0, 0.1) is 6.92 Å². The quantitative estimate of drug-likeness (QED) is 0.942. The Morgan fingerprint density at radius 1 is 1.17 bits per heavy atom. The summed E-state index contributed by atoms with van der Waals surface area (Å²) >= 11 is 5.74. The van der Waals surface area contributed by atoms with Crippen LogP contribution in [-0.4, -0.2) is 13.4 Å². The molecule has 0 radical (unpaired) electrons. The van der Waals surface area contributed by atoms with Crippen LogP contribution in [0.25, 0.3) is 0 Å². The summed E-state index contributed by atoms with van der Waals surface area (Å²) in [5.41, 5.74) is 1.11. The van der Waals surface area contributed by atoms with Crippen molar-refractivity contribution in [2.75, 3.05) is 4.72 Å². The van der Waals surface area contributed by atoms with Crippen LogP contribution >= 0.6 is 11.6 Å². The summed E-state index contributed by atoms with van der Waals surface area (Å²) in [7, 11) is -3.58. The molecule has 1 aromatic carbocycles. The third kappa shape index (κ3) is 3.00. The number of anilines is 1. The van der Waals surface area contributed by atoms with Gasteiger partial charge in [-0.3, -0.25) is 9.71 Å². The maximum absolute atomic E-state index is 12.1. The van der Waals surface area contributed by atoms with Crippen LogP contribution in [0.2, 0.25) is 5.02 Å². The van der Waals surface area contributed by atoms with Gasteiger partial charge >= 0.3 is 0 Å². The summed E-state index contributed by atoms with van der Waals surface area (Å²) in [6.45, 7) is 1.74. The molecule has 0 saturated carbocycles. The number of hydrogen-bond acceptors (Lipinski definition) is 3. The Balaban J connectivity index is 2.30. The van der Waals surface area contributed by atoms with Gasteiger partial charge in [0, 0.05) is 22.6 Å². The maximum atomic E-state index is 12.1. The van der Waals surface area contributed by atoms with Crippen molar-refractivity contribution < 1.29 is 8.42 Å². The first-order chi connectivity index (χ1) is 8.47. The Morgan fingerprint density at radius 3 is 2.44 bits per heavy atom. The van der Waals surface area contributed by atoms with Crippen molar-refractivity contribution in [2.45, 2.75) is 11.8 Å². The normalized spacial score (nSPS) is 11.2. The molecule has 1 heterocycles. The fraction of sp³-hybridized carbons (Fsp3) is 0.0833. The minimum atomic E-state index is -3.58. The SMILES string of the molecule is Cc1cc(S(=O)(=O)Nc2ccc(Cl)cc2)ccn1. The highest BCUT2D eigenvalue weighted by Gasteiger charge is 2.14. The van der Waals surface area contributed by atoms with E-state index in [-0.39, 0.29) is 4.90 Å². The predicted molar refractivity (Wildman–Crippen MR) is 71.2 cm³/mol. The number of halogens is 1. The minimum Gasteiger partial charge on any atom is -0.280 e. The van der Waals surface area contributed by atoms with Crippen molar-refractivity contribution in [1.82, 2.24) is 4.98 Å². The first kappa shape index (κ1) is 12.9. The number of hydrogen-bond donors (Lipinski definition) is 1. The number of nitrogens with one attached hydrogen (secondary N) is 1. The molecule has 6 heteroatoms. The lowest BCUT2D eigenvalue weighted by atomic mass is 10.3. The molecule has 0 amide bonds. The Morgan fingerprint density at radius 2 is 1.83 bits per heavy atom. The highest BCUT2D eigenvalue weighted by Crippen LogP contribution is 2.18. The third-order valence-electron chi connectivity index (χ3n) is 2.27. The zero-order chi connectivity index (χ0) is 13.2. The average Bonchev–Trinajstić information content (AvgIpc) is 2.32. The smallest absolute Gasteiger partial charge is 0.262 e. The number of pyridine rings is 1. The van der Waals surface area contributed by atoms with Gasteiger partial charge in [-0.05, 0) is 43.3 Å². The van der Waals surface area contributed by atoms with E-state index in [4.69, 9.17) is 11.6 Å². The van der Waals surface area contributed by atoms with E-state index in [1.807, 2.05) is 0 Å². The standard InChI is InChI=1S/C12H11ClN2O2S/c1-9-8-12(6-7-14-9)18(16,17)15-11-4-2-10(13)3-5-11/h2-8,15H,1H3. The number of nitrogens with zero attached hydrogens (tertiary/aromatic N) is 1. The maximum Gasteiger partial charge on any atom is 0.262 e. The Hall–Kier alpha value is -1.59. The molecule has 2 rings (SSSR count). The number of sulfonamides is 1. The fourth-order valence-electron chi connectivity index (χ4n) is 1.42. The van der Waals surface area contributed by atoms with Crippen LogP contribution < -0.4 is 4.72 Å². The van der Waals surface area contributed by atoms with E-state index in [0.717, 1.165) is 0 Å². The van der Waals surface area contributed by atoms with E-state index in [1.165, 1.54) is 18.3 Å². The second-order valence-corrected chi connectivity index (χ2v) is 5.86. The minimum absolute atomic E-state index is 0.185. The van der Waals surface area contributed by atoms with Crippen LogP contribution in [0.15, 0.2) is 47.5 Å². The molecular formula is C12H11ClN2O2S. The zero-order valence-corrected chi connectivity index (χ0v) is 11.2. The molecular weight excluding hydrogens is 272 g/mol. The zero-order valence-electron chi connectivity index (χ0n) is 9.59. The van der Waals surface area contributed by atoms with E-state index < -0.39 is 10.0 Å². The summed E-state index contributed by atoms with van der Waals surface area (Å²) in [6, 6.07) is 9.42. The lowest BCUT2D eigenvalue weighted by molar-refractivity contribution is 0.601. The Kier molecular flexibility index (Phi) is 3.54. The molecule has 2 aromatic rings. The molecule has 0 aliphatic heterocycles. The number of aromatic nitrogens is 1.